The van der Waals surface area contributed by atoms with E-state index in [4.69, 9.17) is 0 Å². The molecule has 0 saturated carbocycles. The molecule has 4 rings (SSSR count). The maximum absolute atomic E-state index is 13.0. The Morgan fingerprint density at radius 2 is 1.62 bits per heavy atom. The number of aromatic nitrogens is 2. The first-order valence-electron chi connectivity index (χ1n) is 7.92. The standard InChI is InChI=1S/C19H18FN3S/c1-24-19-12-22(13-19)17-6-2-14(3-7-17)15-10-21-23(11-15)18-8-4-16(20)5-9-18/h2-11,19H,12-13H2,1H3. The zero-order valence-electron chi connectivity index (χ0n) is 13.4. The zero-order valence-corrected chi connectivity index (χ0v) is 14.2. The summed E-state index contributed by atoms with van der Waals surface area (Å²) in [7, 11) is 0. The Morgan fingerprint density at radius 3 is 2.29 bits per heavy atom. The number of hydrogen-bond acceptors (Lipinski definition) is 3. The first-order chi connectivity index (χ1) is 11.7. The summed E-state index contributed by atoms with van der Waals surface area (Å²) in [5, 5.41) is 5.14. The van der Waals surface area contributed by atoms with Crippen molar-refractivity contribution >= 4 is 17.4 Å². The molecule has 1 fully saturated rings. The van der Waals surface area contributed by atoms with Crippen LogP contribution in [0.15, 0.2) is 60.9 Å². The highest BCUT2D eigenvalue weighted by Crippen LogP contribution is 2.29. The Labute approximate surface area is 145 Å². The van der Waals surface area contributed by atoms with E-state index in [1.807, 2.05) is 24.2 Å². The molecule has 0 radical (unpaired) electrons. The highest BCUT2D eigenvalue weighted by atomic mass is 32.2. The van der Waals surface area contributed by atoms with E-state index in [2.05, 4.69) is 40.5 Å². The summed E-state index contributed by atoms with van der Waals surface area (Å²) in [4.78, 5) is 2.40. The van der Waals surface area contributed by atoms with Gasteiger partial charge in [0.05, 0.1) is 11.9 Å². The summed E-state index contributed by atoms with van der Waals surface area (Å²) in [6.07, 6.45) is 5.98. The quantitative estimate of drug-likeness (QED) is 0.710. The van der Waals surface area contributed by atoms with Crippen molar-refractivity contribution in [3.8, 4) is 16.8 Å². The van der Waals surface area contributed by atoms with Crippen LogP contribution < -0.4 is 4.90 Å². The maximum Gasteiger partial charge on any atom is 0.123 e. The molecule has 2 heterocycles. The molecule has 3 nitrogen and oxygen atoms in total. The number of rotatable bonds is 4. The van der Waals surface area contributed by atoms with E-state index in [1.165, 1.54) is 17.8 Å². The van der Waals surface area contributed by atoms with E-state index < -0.39 is 0 Å². The van der Waals surface area contributed by atoms with Crippen molar-refractivity contribution in [2.75, 3.05) is 24.2 Å². The van der Waals surface area contributed by atoms with Crippen molar-refractivity contribution in [3.05, 3.63) is 66.7 Å². The molecule has 1 aliphatic rings. The first-order valence-corrected chi connectivity index (χ1v) is 9.20. The van der Waals surface area contributed by atoms with Crippen molar-refractivity contribution in [1.82, 2.24) is 9.78 Å². The minimum absolute atomic E-state index is 0.239. The van der Waals surface area contributed by atoms with E-state index in [0.717, 1.165) is 35.2 Å². The molecule has 3 aromatic rings. The van der Waals surface area contributed by atoms with E-state index in [0.29, 0.717) is 0 Å². The third-order valence-electron chi connectivity index (χ3n) is 4.42. The second kappa shape index (κ2) is 6.32. The first kappa shape index (κ1) is 15.3. The molecule has 122 valence electrons. The number of anilines is 1. The summed E-state index contributed by atoms with van der Waals surface area (Å²) >= 11 is 1.94. The molecule has 0 amide bonds. The minimum atomic E-state index is -0.239. The number of hydrogen-bond donors (Lipinski definition) is 0. The predicted molar refractivity (Wildman–Crippen MR) is 98.5 cm³/mol. The van der Waals surface area contributed by atoms with Crippen LogP contribution in [0.5, 0.6) is 0 Å². The van der Waals surface area contributed by atoms with Crippen LogP contribution in [-0.4, -0.2) is 34.4 Å². The number of benzene rings is 2. The Hall–Kier alpha value is -2.27. The average molecular weight is 339 g/mol. The van der Waals surface area contributed by atoms with Crippen LogP contribution in [0, 0.1) is 5.82 Å². The Bertz CT molecular complexity index is 821. The third-order valence-corrected chi connectivity index (χ3v) is 5.39. The van der Waals surface area contributed by atoms with Gasteiger partial charge in [0.2, 0.25) is 0 Å². The van der Waals surface area contributed by atoms with Crippen molar-refractivity contribution in [1.29, 1.82) is 0 Å². The molecule has 1 aliphatic heterocycles. The van der Waals surface area contributed by atoms with Crippen LogP contribution in [0.1, 0.15) is 0 Å². The lowest BCUT2D eigenvalue weighted by molar-refractivity contribution is 0.627. The zero-order chi connectivity index (χ0) is 16.5. The van der Waals surface area contributed by atoms with Gasteiger partial charge in [0, 0.05) is 35.8 Å². The molecule has 0 unspecified atom stereocenters. The molecular weight excluding hydrogens is 321 g/mol. The van der Waals surface area contributed by atoms with E-state index >= 15 is 0 Å². The summed E-state index contributed by atoms with van der Waals surface area (Å²) in [5.41, 5.74) is 4.31. The lowest BCUT2D eigenvalue weighted by Gasteiger charge is -2.40. The van der Waals surface area contributed by atoms with Gasteiger partial charge in [-0.2, -0.15) is 16.9 Å². The van der Waals surface area contributed by atoms with E-state index in [-0.39, 0.29) is 5.82 Å². The normalized spacial score (nSPS) is 14.7. The molecule has 0 aliphatic carbocycles. The number of thioether (sulfide) groups is 1. The number of nitrogens with zero attached hydrogens (tertiary/aromatic N) is 3. The van der Waals surface area contributed by atoms with Crippen LogP contribution in [0.25, 0.3) is 16.8 Å². The van der Waals surface area contributed by atoms with Gasteiger partial charge in [0.25, 0.3) is 0 Å². The van der Waals surface area contributed by atoms with Crippen LogP contribution in [0.4, 0.5) is 10.1 Å². The number of halogens is 1. The van der Waals surface area contributed by atoms with Gasteiger partial charge in [-0.3, -0.25) is 0 Å². The summed E-state index contributed by atoms with van der Waals surface area (Å²) in [5.74, 6) is -0.239. The van der Waals surface area contributed by atoms with Gasteiger partial charge in [-0.1, -0.05) is 12.1 Å². The van der Waals surface area contributed by atoms with Crippen molar-refractivity contribution in [2.24, 2.45) is 0 Å². The fourth-order valence-corrected chi connectivity index (χ4v) is 3.53. The van der Waals surface area contributed by atoms with E-state index in [9.17, 15) is 4.39 Å². The van der Waals surface area contributed by atoms with Crippen LogP contribution in [-0.2, 0) is 0 Å². The summed E-state index contributed by atoms with van der Waals surface area (Å²) < 4.78 is 14.8. The molecule has 1 saturated heterocycles. The Morgan fingerprint density at radius 1 is 0.958 bits per heavy atom. The molecule has 0 spiro atoms. The van der Waals surface area contributed by atoms with E-state index in [1.54, 1.807) is 16.8 Å². The molecule has 2 aromatic carbocycles. The Balaban J connectivity index is 1.51. The highest BCUT2D eigenvalue weighted by Gasteiger charge is 2.25. The maximum atomic E-state index is 13.0. The predicted octanol–water partition coefficient (Wildman–Crippen LogP) is 4.23. The molecule has 5 heteroatoms. The van der Waals surface area contributed by atoms with Crippen molar-refractivity contribution < 1.29 is 4.39 Å². The fourth-order valence-electron chi connectivity index (χ4n) is 2.87. The van der Waals surface area contributed by atoms with Gasteiger partial charge in [-0.25, -0.2) is 9.07 Å². The molecular formula is C19H18FN3S. The molecule has 1 aromatic heterocycles. The third kappa shape index (κ3) is 2.91. The van der Waals surface area contributed by atoms with Gasteiger partial charge < -0.3 is 4.90 Å². The van der Waals surface area contributed by atoms with Gasteiger partial charge in [0.15, 0.2) is 0 Å². The van der Waals surface area contributed by atoms with Crippen molar-refractivity contribution in [3.63, 3.8) is 0 Å². The average Bonchev–Trinajstić information content (AvgIpc) is 3.05. The summed E-state index contributed by atoms with van der Waals surface area (Å²) in [6.45, 7) is 2.26. The summed E-state index contributed by atoms with van der Waals surface area (Å²) in [6, 6.07) is 14.9. The van der Waals surface area contributed by atoms with Gasteiger partial charge >= 0.3 is 0 Å². The van der Waals surface area contributed by atoms with Crippen LogP contribution >= 0.6 is 11.8 Å². The second-order valence-corrected chi connectivity index (χ2v) is 7.10. The van der Waals surface area contributed by atoms with Crippen LogP contribution in [0.2, 0.25) is 0 Å². The van der Waals surface area contributed by atoms with Crippen LogP contribution in [0.3, 0.4) is 0 Å². The molecule has 0 atom stereocenters. The van der Waals surface area contributed by atoms with Gasteiger partial charge in [-0.15, -0.1) is 0 Å². The van der Waals surface area contributed by atoms with Gasteiger partial charge in [0.1, 0.15) is 5.82 Å². The highest BCUT2D eigenvalue weighted by molar-refractivity contribution is 7.99. The second-order valence-electron chi connectivity index (χ2n) is 5.96. The monoisotopic (exact) mass is 339 g/mol. The smallest absolute Gasteiger partial charge is 0.123 e. The SMILES string of the molecule is CSC1CN(c2ccc(-c3cnn(-c4ccc(F)cc4)c3)cc2)C1. The molecule has 0 bridgehead atoms. The fraction of sp³-hybridized carbons (Fsp3) is 0.211. The topological polar surface area (TPSA) is 21.1 Å². The minimum Gasteiger partial charge on any atom is -0.369 e. The molecule has 24 heavy (non-hydrogen) atoms. The Kier molecular flexibility index (Phi) is 4.02. The van der Waals surface area contributed by atoms with Crippen molar-refractivity contribution in [2.45, 2.75) is 5.25 Å². The largest absolute Gasteiger partial charge is 0.369 e. The lowest BCUT2D eigenvalue weighted by atomic mass is 10.1. The molecule has 0 N–H and O–H groups in total. The van der Waals surface area contributed by atoms with Gasteiger partial charge in [-0.05, 0) is 48.2 Å². The lowest BCUT2D eigenvalue weighted by Crippen LogP contribution is -2.48.